The summed E-state index contributed by atoms with van der Waals surface area (Å²) < 4.78 is 7.36. The molecule has 2 aliphatic rings. The first-order chi connectivity index (χ1) is 29.4. The van der Waals surface area contributed by atoms with Gasteiger partial charge in [0.2, 0.25) is 0 Å². The van der Waals surface area contributed by atoms with Crippen LogP contribution < -0.4 is 30.9 Å². The Hall–Kier alpha value is -7.30. The molecule has 11 rings (SSSR count). The van der Waals surface area contributed by atoms with Crippen LogP contribution in [0.4, 0.5) is 34.1 Å². The lowest BCUT2D eigenvalue weighted by molar-refractivity contribution is 0.484. The van der Waals surface area contributed by atoms with Crippen LogP contribution in [0, 0.1) is 0 Å². The number of para-hydroxylation sites is 2. The van der Waals surface area contributed by atoms with Gasteiger partial charge in [-0.1, -0.05) is 166 Å². The van der Waals surface area contributed by atoms with E-state index in [0.29, 0.717) is 0 Å². The van der Waals surface area contributed by atoms with E-state index in [0.717, 1.165) is 39.9 Å². The molecule has 2 aliphatic heterocycles. The number of benzene rings is 9. The fraction of sp³-hybridized carbons (Fsp3) is 0.0714. The van der Waals surface area contributed by atoms with E-state index in [-0.39, 0.29) is 12.1 Å². The van der Waals surface area contributed by atoms with Crippen molar-refractivity contribution in [3.8, 4) is 33.8 Å². The van der Waals surface area contributed by atoms with Crippen LogP contribution in [0.15, 0.2) is 206 Å². The van der Waals surface area contributed by atoms with E-state index in [4.69, 9.17) is 4.74 Å². The Bertz CT molecular complexity index is 3010. The van der Waals surface area contributed by atoms with E-state index >= 15 is 0 Å². The molecule has 0 fully saturated rings. The predicted molar refractivity (Wildman–Crippen MR) is 254 cm³/mol. The third-order valence-corrected chi connectivity index (χ3v) is 12.2. The molecule has 0 saturated heterocycles. The molecule has 0 atom stereocenters. The summed E-state index contributed by atoms with van der Waals surface area (Å²) in [7, 11) is 0. The highest BCUT2D eigenvalue weighted by Gasteiger charge is 2.44. The topological polar surface area (TPSA) is 15.7 Å². The van der Waals surface area contributed by atoms with E-state index in [1.54, 1.807) is 0 Å². The number of nitrogens with zero attached hydrogens (tertiary/aromatic N) is 2. The van der Waals surface area contributed by atoms with Crippen LogP contribution in [0.1, 0.15) is 26.3 Å². The molecule has 0 N–H and O–H groups in total. The van der Waals surface area contributed by atoms with Gasteiger partial charge in [0.25, 0.3) is 6.71 Å². The maximum absolute atomic E-state index is 7.36. The monoisotopic (exact) mass is 770 g/mol. The van der Waals surface area contributed by atoms with Crippen molar-refractivity contribution >= 4 is 68.0 Å². The molecule has 0 unspecified atom stereocenters. The Morgan fingerprint density at radius 2 is 1.00 bits per heavy atom. The molecule has 9 aromatic rings. The van der Waals surface area contributed by atoms with Crippen molar-refractivity contribution in [1.29, 1.82) is 0 Å². The van der Waals surface area contributed by atoms with E-state index in [1.165, 1.54) is 60.7 Å². The largest absolute Gasteiger partial charge is 0.458 e. The van der Waals surface area contributed by atoms with Gasteiger partial charge in [0.1, 0.15) is 11.5 Å². The van der Waals surface area contributed by atoms with Gasteiger partial charge in [-0.05, 0) is 110 Å². The molecule has 0 aliphatic carbocycles. The second-order valence-corrected chi connectivity index (χ2v) is 16.9. The molecule has 3 nitrogen and oxygen atoms in total. The number of ether oxygens (including phenoxy) is 1. The SMILES string of the molecule is CC(C)(C)c1cc2c3c(c1)N(c1cccc(-c4ccccc4)c1)c1cc(-c4ccccc4)ccc1B3c1c(cc(N(c3ccccc3)c3ccccc3)c3ccccc13)O2. The van der Waals surface area contributed by atoms with E-state index < -0.39 is 0 Å². The molecule has 0 bridgehead atoms. The van der Waals surface area contributed by atoms with Crippen LogP contribution in [0.3, 0.4) is 0 Å². The van der Waals surface area contributed by atoms with Gasteiger partial charge in [-0.15, -0.1) is 0 Å². The predicted octanol–water partition coefficient (Wildman–Crippen LogP) is 13.3. The van der Waals surface area contributed by atoms with Gasteiger partial charge in [0.05, 0.1) is 5.69 Å². The van der Waals surface area contributed by atoms with Gasteiger partial charge in [0.15, 0.2) is 0 Å². The zero-order valence-electron chi connectivity index (χ0n) is 34.0. The molecular weight excluding hydrogens is 727 g/mol. The molecule has 286 valence electrons. The highest BCUT2D eigenvalue weighted by Crippen LogP contribution is 2.47. The maximum Gasteiger partial charge on any atom is 0.257 e. The van der Waals surface area contributed by atoms with Crippen molar-refractivity contribution in [2.75, 3.05) is 9.80 Å². The quantitative estimate of drug-likeness (QED) is 0.157. The molecule has 0 amide bonds. The lowest BCUT2D eigenvalue weighted by Crippen LogP contribution is -2.59. The summed E-state index contributed by atoms with van der Waals surface area (Å²) in [5, 5.41) is 2.35. The Morgan fingerprint density at radius 1 is 0.450 bits per heavy atom. The maximum atomic E-state index is 7.36. The Labute approximate surface area is 352 Å². The molecule has 9 aromatic carbocycles. The van der Waals surface area contributed by atoms with E-state index in [1.807, 2.05) is 0 Å². The molecule has 0 spiro atoms. The van der Waals surface area contributed by atoms with Gasteiger partial charge in [0, 0.05) is 39.9 Å². The van der Waals surface area contributed by atoms with Crippen LogP contribution in [0.25, 0.3) is 33.0 Å². The standard InChI is InChI=1S/C56H43BN2O/c1-56(2,3)42-35-51-55-52(36-42)60-53-37-49(58(43-24-12-6-13-25-43)44-26-14-7-15-27-44)46-29-16-17-30-47(46)54(53)57(55)48-32-31-41(39-21-10-5-11-22-39)34-50(48)59(51)45-28-18-23-40(33-45)38-19-8-4-9-20-38/h4-37H,1-3H3. The summed E-state index contributed by atoms with van der Waals surface area (Å²) in [6.07, 6.45) is 0. The third-order valence-electron chi connectivity index (χ3n) is 12.2. The van der Waals surface area contributed by atoms with Crippen LogP contribution in [0.2, 0.25) is 0 Å². The number of rotatable bonds is 6. The number of hydrogen-bond donors (Lipinski definition) is 0. The molecule has 0 aromatic heterocycles. The van der Waals surface area contributed by atoms with Crippen molar-refractivity contribution in [3.63, 3.8) is 0 Å². The smallest absolute Gasteiger partial charge is 0.257 e. The normalized spacial score (nSPS) is 12.7. The highest BCUT2D eigenvalue weighted by atomic mass is 16.5. The van der Waals surface area contributed by atoms with E-state index in [9.17, 15) is 0 Å². The van der Waals surface area contributed by atoms with Crippen molar-refractivity contribution in [2.45, 2.75) is 26.2 Å². The average Bonchev–Trinajstić information content (AvgIpc) is 3.29. The first-order valence-corrected chi connectivity index (χ1v) is 20.9. The Kier molecular flexibility index (Phi) is 8.49. The molecule has 0 radical (unpaired) electrons. The summed E-state index contributed by atoms with van der Waals surface area (Å²) in [5.41, 5.74) is 16.2. The first-order valence-electron chi connectivity index (χ1n) is 20.9. The van der Waals surface area contributed by atoms with E-state index in [2.05, 4.69) is 237 Å². The fourth-order valence-corrected chi connectivity index (χ4v) is 9.34. The minimum atomic E-state index is -0.139. The van der Waals surface area contributed by atoms with Crippen molar-refractivity contribution < 1.29 is 4.74 Å². The zero-order chi connectivity index (χ0) is 40.4. The number of anilines is 6. The summed E-state index contributed by atoms with van der Waals surface area (Å²) in [5.74, 6) is 1.79. The van der Waals surface area contributed by atoms with Crippen molar-refractivity contribution in [1.82, 2.24) is 0 Å². The summed E-state index contributed by atoms with van der Waals surface area (Å²) in [6, 6.07) is 74.7. The second kappa shape index (κ2) is 14.2. The van der Waals surface area contributed by atoms with Crippen LogP contribution in [-0.2, 0) is 5.41 Å². The van der Waals surface area contributed by atoms with Crippen molar-refractivity contribution in [3.05, 3.63) is 212 Å². The molecule has 60 heavy (non-hydrogen) atoms. The Balaban J connectivity index is 1.21. The minimum absolute atomic E-state index is 0.0815. The summed E-state index contributed by atoms with van der Waals surface area (Å²) >= 11 is 0. The van der Waals surface area contributed by atoms with Gasteiger partial charge < -0.3 is 14.5 Å². The fourth-order valence-electron chi connectivity index (χ4n) is 9.34. The lowest BCUT2D eigenvalue weighted by atomic mass is 9.33. The van der Waals surface area contributed by atoms with Crippen molar-refractivity contribution in [2.24, 2.45) is 0 Å². The molecule has 0 saturated carbocycles. The zero-order valence-corrected chi connectivity index (χ0v) is 34.0. The summed E-state index contributed by atoms with van der Waals surface area (Å²) in [4.78, 5) is 4.86. The Morgan fingerprint density at radius 3 is 1.63 bits per heavy atom. The minimum Gasteiger partial charge on any atom is -0.458 e. The van der Waals surface area contributed by atoms with Gasteiger partial charge in [-0.3, -0.25) is 0 Å². The van der Waals surface area contributed by atoms with Crippen LogP contribution in [0.5, 0.6) is 11.5 Å². The van der Waals surface area contributed by atoms with Gasteiger partial charge in [-0.2, -0.15) is 0 Å². The average molecular weight is 771 g/mol. The second-order valence-electron chi connectivity index (χ2n) is 16.9. The molecule has 4 heteroatoms. The molecule has 2 heterocycles. The summed E-state index contributed by atoms with van der Waals surface area (Å²) in [6.45, 7) is 6.80. The number of hydrogen-bond acceptors (Lipinski definition) is 3. The van der Waals surface area contributed by atoms with Crippen LogP contribution in [-0.4, -0.2) is 6.71 Å². The van der Waals surface area contributed by atoms with Gasteiger partial charge >= 0.3 is 0 Å². The molecular formula is C56H43BN2O. The third kappa shape index (κ3) is 5.98. The highest BCUT2D eigenvalue weighted by molar-refractivity contribution is 7.00. The first kappa shape index (κ1) is 35.8. The van der Waals surface area contributed by atoms with Crippen LogP contribution >= 0.6 is 0 Å². The van der Waals surface area contributed by atoms with Gasteiger partial charge in [-0.25, -0.2) is 0 Å². The lowest BCUT2D eigenvalue weighted by Gasteiger charge is -2.42. The number of fused-ring (bicyclic) bond motifs is 6.